The van der Waals surface area contributed by atoms with Gasteiger partial charge in [0, 0.05) is 63.6 Å². The maximum absolute atomic E-state index is 14.9. The van der Waals surface area contributed by atoms with Crippen molar-refractivity contribution in [1.82, 2.24) is 57.0 Å². The Morgan fingerprint density at radius 3 is 1.55 bits per heavy atom. The number of carbonyl (C=O) groups excluding carboxylic acids is 9. The Morgan fingerprint density at radius 2 is 1.05 bits per heavy atom. The molecular formula is C63H85N15O15. The molecule has 0 radical (unpaired) electrons. The SMILES string of the molecule is CC(C)C[C@H](NC(=O)[C@H](CCC(=O)O)NC(=O)[C@@H]1CCCN1C(=O)[C@H](C)NC(=O)[C@H](Cc1ccc(O)cc1)NC(=O)[C@H](Cc1ccccc1)NC(=O)[C@H](Cc1ccc(O)cc1)NC(=O)[C@@H]1CCCN1C(=O)[C@H](Cc1cnc[nH]1)NC(=O)[C@@H](N)CCCN=C(N)N)C(=O)O. The molecule has 0 unspecified atom stereocenters. The van der Waals surface area contributed by atoms with Gasteiger partial charge in [0.05, 0.1) is 12.4 Å². The third kappa shape index (κ3) is 22.3. The lowest BCUT2D eigenvalue weighted by Crippen LogP contribution is -2.61. The second-order valence-corrected chi connectivity index (χ2v) is 23.6. The van der Waals surface area contributed by atoms with Crippen LogP contribution in [0.4, 0.5) is 0 Å². The van der Waals surface area contributed by atoms with E-state index in [9.17, 15) is 73.2 Å². The number of guanidine groups is 1. The predicted molar refractivity (Wildman–Crippen MR) is 337 cm³/mol. The molecule has 2 aliphatic heterocycles. The number of nitrogens with zero attached hydrogens (tertiary/aromatic N) is 4. The highest BCUT2D eigenvalue weighted by molar-refractivity contribution is 5.99. The molecule has 0 spiro atoms. The molecule has 3 aromatic carbocycles. The number of likely N-dealkylation sites (tertiary alicyclic amines) is 2. The maximum Gasteiger partial charge on any atom is 0.326 e. The number of carboxylic acids is 2. The Labute approximate surface area is 537 Å². The first kappa shape index (κ1) is 71.9. The summed E-state index contributed by atoms with van der Waals surface area (Å²) in [6.45, 7) is 5.20. The summed E-state index contributed by atoms with van der Waals surface area (Å²) < 4.78 is 0. The fourth-order valence-electron chi connectivity index (χ4n) is 11.0. The number of benzene rings is 3. The number of hydrogen-bond donors (Lipinski definition) is 15. The number of imidazole rings is 1. The molecule has 30 heteroatoms. The number of aliphatic carboxylic acids is 2. The number of phenolic OH excluding ortho intramolecular Hbond substituents is 2. The summed E-state index contributed by atoms with van der Waals surface area (Å²) in [6.07, 6.45) is 2.82. The fourth-order valence-corrected chi connectivity index (χ4v) is 11.0. The van der Waals surface area contributed by atoms with Crippen LogP contribution in [0.2, 0.25) is 0 Å². The van der Waals surface area contributed by atoms with Gasteiger partial charge in [0.25, 0.3) is 0 Å². The van der Waals surface area contributed by atoms with E-state index in [4.69, 9.17) is 17.2 Å². The third-order valence-corrected chi connectivity index (χ3v) is 15.8. The lowest BCUT2D eigenvalue weighted by molar-refractivity contribution is -0.144. The molecule has 3 heterocycles. The summed E-state index contributed by atoms with van der Waals surface area (Å²) in [5.74, 6) is -10.2. The van der Waals surface area contributed by atoms with Crippen LogP contribution in [0, 0.1) is 5.92 Å². The topological polar surface area (TPSA) is 478 Å². The third-order valence-electron chi connectivity index (χ3n) is 15.8. The molecule has 0 aliphatic carbocycles. The second-order valence-electron chi connectivity index (χ2n) is 23.6. The number of nitrogens with two attached hydrogens (primary N) is 3. The number of H-pyrrole nitrogens is 1. The van der Waals surface area contributed by atoms with Gasteiger partial charge in [0.15, 0.2) is 5.96 Å². The number of aliphatic imine (C=N–C) groups is 1. The van der Waals surface area contributed by atoms with Gasteiger partial charge in [-0.25, -0.2) is 9.78 Å². The number of phenols is 2. The number of nitrogens with one attached hydrogen (secondary N) is 8. The van der Waals surface area contributed by atoms with Gasteiger partial charge in [-0.15, -0.1) is 0 Å². The zero-order valence-electron chi connectivity index (χ0n) is 52.1. The molecule has 30 nitrogen and oxygen atoms in total. The summed E-state index contributed by atoms with van der Waals surface area (Å²) >= 11 is 0. The number of aromatic nitrogens is 2. The Hall–Kier alpha value is -10.1. The van der Waals surface area contributed by atoms with E-state index in [1.54, 1.807) is 44.2 Å². The number of carbonyl (C=O) groups is 11. The van der Waals surface area contributed by atoms with Crippen molar-refractivity contribution in [3.8, 4) is 11.5 Å². The summed E-state index contributed by atoms with van der Waals surface area (Å²) in [5.41, 5.74) is 19.0. The summed E-state index contributed by atoms with van der Waals surface area (Å²) in [7, 11) is 0. The van der Waals surface area contributed by atoms with E-state index in [1.807, 2.05) is 0 Å². The highest BCUT2D eigenvalue weighted by Crippen LogP contribution is 2.23. The average molecular weight is 1290 g/mol. The quantitative estimate of drug-likeness (QED) is 0.0149. The van der Waals surface area contributed by atoms with Crippen molar-refractivity contribution in [2.75, 3.05) is 19.6 Å². The molecule has 1 aromatic heterocycles. The minimum Gasteiger partial charge on any atom is -0.508 e. The molecule has 93 heavy (non-hydrogen) atoms. The fraction of sp³-hybridized carbons (Fsp3) is 0.476. The molecule has 2 aliphatic rings. The van der Waals surface area contributed by atoms with Crippen molar-refractivity contribution in [2.24, 2.45) is 28.1 Å². The van der Waals surface area contributed by atoms with Gasteiger partial charge in [-0.1, -0.05) is 68.4 Å². The standard InChI is InChI=1S/C63H85N15O15/c1-35(2)28-49(62(92)93)76-54(84)44(23-24-52(81)82)71-58(88)50-13-8-26-77(50)60(90)36(3)70-55(85)45(30-38-15-19-41(79)20-16-38)72-56(86)46(29-37-10-5-4-6-11-37)73-57(87)47(31-39-17-21-42(80)22-18-39)74-59(89)51-14-9-27-78(51)61(91)48(32-40-33-67-34-69-40)75-53(83)43(64)12-7-25-68-63(65)66/h4-6,10-11,15-22,33-36,43-51,79-80H,7-9,12-14,23-32,64H2,1-3H3,(H,67,69)(H,70,85)(H,71,88)(H,72,86)(H,73,87)(H,74,89)(H,75,83)(H,76,84)(H,81,82)(H,92,93)(H4,65,66,68)/t36-,43-,44-,45-,46-,47-,48-,49-,50-,51-/m0/s1. The first-order valence-corrected chi connectivity index (χ1v) is 30.8. The Bertz CT molecular complexity index is 3260. The molecule has 18 N–H and O–H groups in total. The van der Waals surface area contributed by atoms with Crippen LogP contribution in [0.25, 0.3) is 0 Å². The van der Waals surface area contributed by atoms with Crippen LogP contribution in [0.1, 0.15) is 101 Å². The van der Waals surface area contributed by atoms with Crippen LogP contribution in [0.5, 0.6) is 11.5 Å². The molecule has 502 valence electrons. The van der Waals surface area contributed by atoms with E-state index < -0.39 is 138 Å². The van der Waals surface area contributed by atoms with E-state index >= 15 is 0 Å². The van der Waals surface area contributed by atoms with E-state index in [0.717, 1.165) is 0 Å². The molecular weight excluding hydrogens is 1210 g/mol. The summed E-state index contributed by atoms with van der Waals surface area (Å²) in [6, 6.07) is 6.88. The molecule has 4 aromatic rings. The van der Waals surface area contributed by atoms with Gasteiger partial charge < -0.3 is 89.6 Å². The van der Waals surface area contributed by atoms with E-state index in [2.05, 4.69) is 52.2 Å². The van der Waals surface area contributed by atoms with Gasteiger partial charge in [0.1, 0.15) is 65.9 Å². The minimum absolute atomic E-state index is 0.0336. The van der Waals surface area contributed by atoms with Gasteiger partial charge >= 0.3 is 11.9 Å². The predicted octanol–water partition coefficient (Wildman–Crippen LogP) is -1.14. The van der Waals surface area contributed by atoms with Crippen LogP contribution < -0.4 is 54.4 Å². The van der Waals surface area contributed by atoms with Crippen molar-refractivity contribution in [1.29, 1.82) is 0 Å². The van der Waals surface area contributed by atoms with E-state index in [1.165, 1.54) is 77.8 Å². The zero-order chi connectivity index (χ0) is 67.9. The molecule has 9 amide bonds. The second kappa shape index (κ2) is 34.9. The van der Waals surface area contributed by atoms with Gasteiger partial charge in [-0.2, -0.15) is 0 Å². The van der Waals surface area contributed by atoms with Crippen LogP contribution in [0.3, 0.4) is 0 Å². The van der Waals surface area contributed by atoms with E-state index in [-0.39, 0.29) is 94.4 Å². The van der Waals surface area contributed by atoms with Crippen molar-refractivity contribution < 1.29 is 73.2 Å². The van der Waals surface area contributed by atoms with E-state index in [0.29, 0.717) is 41.6 Å². The average Bonchev–Trinajstić information content (AvgIpc) is 1.79. The lowest BCUT2D eigenvalue weighted by Gasteiger charge is -2.31. The molecule has 6 rings (SSSR count). The van der Waals surface area contributed by atoms with Crippen molar-refractivity contribution in [3.63, 3.8) is 0 Å². The molecule has 10 atom stereocenters. The molecule has 0 bridgehead atoms. The Balaban J connectivity index is 1.22. The maximum atomic E-state index is 14.9. The first-order valence-electron chi connectivity index (χ1n) is 30.8. The van der Waals surface area contributed by atoms with Gasteiger partial charge in [0.2, 0.25) is 53.2 Å². The number of aromatic amines is 1. The lowest BCUT2D eigenvalue weighted by atomic mass is 10.0. The number of rotatable bonds is 34. The number of aromatic hydroxyl groups is 2. The minimum atomic E-state index is -1.49. The number of hydrogen-bond acceptors (Lipinski definition) is 16. The highest BCUT2D eigenvalue weighted by Gasteiger charge is 2.42. The van der Waals surface area contributed by atoms with Gasteiger partial charge in [-0.05, 0) is 105 Å². The Morgan fingerprint density at radius 1 is 0.581 bits per heavy atom. The number of carboxylic acid groups (broad SMARTS) is 2. The van der Waals surface area contributed by atoms with Crippen molar-refractivity contribution in [2.45, 2.75) is 165 Å². The first-order chi connectivity index (χ1) is 44.3. The molecule has 0 saturated carbocycles. The van der Waals surface area contributed by atoms with Crippen LogP contribution in [0.15, 0.2) is 96.4 Å². The summed E-state index contributed by atoms with van der Waals surface area (Å²) in [4.78, 5) is 166. The number of amides is 9. The molecule has 2 saturated heterocycles. The Kier molecular flexibility index (Phi) is 27.0. The monoisotopic (exact) mass is 1290 g/mol. The smallest absolute Gasteiger partial charge is 0.326 e. The zero-order valence-corrected chi connectivity index (χ0v) is 52.1. The summed E-state index contributed by atoms with van der Waals surface area (Å²) in [5, 5.41) is 58.1. The van der Waals surface area contributed by atoms with Crippen molar-refractivity contribution >= 4 is 71.1 Å². The van der Waals surface area contributed by atoms with Gasteiger partial charge in [-0.3, -0.25) is 52.9 Å². The largest absolute Gasteiger partial charge is 0.508 e. The van der Waals surface area contributed by atoms with Crippen LogP contribution >= 0.6 is 0 Å². The molecule has 2 fully saturated rings. The van der Waals surface area contributed by atoms with Crippen LogP contribution in [-0.4, -0.2) is 191 Å². The van der Waals surface area contributed by atoms with Crippen LogP contribution in [-0.2, 0) is 78.4 Å². The highest BCUT2D eigenvalue weighted by atomic mass is 16.4. The van der Waals surface area contributed by atoms with Crippen molar-refractivity contribution in [3.05, 3.63) is 114 Å². The normalized spacial score (nSPS) is 17.0.